The van der Waals surface area contributed by atoms with Crippen LogP contribution >= 0.6 is 0 Å². The van der Waals surface area contributed by atoms with E-state index < -0.39 is 0 Å². The highest BCUT2D eigenvalue weighted by atomic mass is 16.5. The summed E-state index contributed by atoms with van der Waals surface area (Å²) in [5, 5.41) is 1.23. The topological polar surface area (TPSA) is 51.0 Å². The minimum atomic E-state index is 0.382. The van der Waals surface area contributed by atoms with Crippen LogP contribution in [-0.2, 0) is 0 Å². The van der Waals surface area contributed by atoms with Crippen molar-refractivity contribution in [2.75, 3.05) is 13.7 Å². The third-order valence-electron chi connectivity index (χ3n) is 2.81. The molecule has 0 aliphatic heterocycles. The number of nitrogens with two attached hydrogens (primary N) is 1. The van der Waals surface area contributed by atoms with Crippen molar-refractivity contribution in [3.05, 3.63) is 30.0 Å². The van der Waals surface area contributed by atoms with Crippen LogP contribution in [0.25, 0.3) is 10.9 Å². The van der Waals surface area contributed by atoms with Gasteiger partial charge < -0.3 is 15.5 Å². The second kappa shape index (κ2) is 3.95. The van der Waals surface area contributed by atoms with Crippen molar-refractivity contribution in [1.82, 2.24) is 4.98 Å². The van der Waals surface area contributed by atoms with Gasteiger partial charge in [-0.25, -0.2) is 0 Å². The molecule has 0 radical (unpaired) electrons. The van der Waals surface area contributed by atoms with E-state index in [0.717, 1.165) is 11.3 Å². The standard InChI is InChI=1S/C12H16N2O/c1-8(6-13)11-7-14-12-5-9(15-2)3-4-10(11)12/h3-5,7-8,14H,6,13H2,1-2H3. The number of ether oxygens (including phenoxy) is 1. The quantitative estimate of drug-likeness (QED) is 0.805. The molecule has 1 aromatic carbocycles. The van der Waals surface area contributed by atoms with E-state index in [1.165, 1.54) is 10.9 Å². The maximum absolute atomic E-state index is 5.67. The number of fused-ring (bicyclic) bond motifs is 1. The van der Waals surface area contributed by atoms with Crippen molar-refractivity contribution in [3.8, 4) is 5.75 Å². The summed E-state index contributed by atoms with van der Waals surface area (Å²) in [6, 6.07) is 6.05. The lowest BCUT2D eigenvalue weighted by Gasteiger charge is -2.06. The van der Waals surface area contributed by atoms with Crippen LogP contribution in [0.1, 0.15) is 18.4 Å². The number of nitrogens with one attached hydrogen (secondary N) is 1. The van der Waals surface area contributed by atoms with Gasteiger partial charge in [-0.3, -0.25) is 0 Å². The lowest BCUT2D eigenvalue weighted by molar-refractivity contribution is 0.415. The molecule has 15 heavy (non-hydrogen) atoms. The maximum atomic E-state index is 5.67. The molecule has 1 aromatic heterocycles. The first-order valence-electron chi connectivity index (χ1n) is 5.11. The Kier molecular flexibility index (Phi) is 2.64. The van der Waals surface area contributed by atoms with Crippen molar-refractivity contribution in [2.45, 2.75) is 12.8 Å². The van der Waals surface area contributed by atoms with Crippen molar-refractivity contribution < 1.29 is 4.74 Å². The van der Waals surface area contributed by atoms with E-state index in [1.807, 2.05) is 18.3 Å². The number of rotatable bonds is 3. The number of H-pyrrole nitrogens is 1. The Bertz CT molecular complexity index is 462. The Morgan fingerprint density at radius 2 is 2.27 bits per heavy atom. The van der Waals surface area contributed by atoms with Crippen molar-refractivity contribution in [2.24, 2.45) is 5.73 Å². The second-order valence-electron chi connectivity index (χ2n) is 3.79. The molecule has 2 rings (SSSR count). The summed E-state index contributed by atoms with van der Waals surface area (Å²) >= 11 is 0. The van der Waals surface area contributed by atoms with Crippen LogP contribution in [0.2, 0.25) is 0 Å². The average Bonchev–Trinajstić information content (AvgIpc) is 2.70. The number of hydrogen-bond donors (Lipinski definition) is 2. The fourth-order valence-electron chi connectivity index (χ4n) is 1.79. The van der Waals surface area contributed by atoms with Gasteiger partial charge in [0.25, 0.3) is 0 Å². The van der Waals surface area contributed by atoms with Crippen LogP contribution in [0.15, 0.2) is 24.4 Å². The van der Waals surface area contributed by atoms with Gasteiger partial charge in [-0.2, -0.15) is 0 Å². The smallest absolute Gasteiger partial charge is 0.120 e. The summed E-state index contributed by atoms with van der Waals surface area (Å²) in [6.45, 7) is 2.80. The molecule has 2 aromatic rings. The number of hydrogen-bond acceptors (Lipinski definition) is 2. The predicted octanol–water partition coefficient (Wildman–Crippen LogP) is 2.24. The molecule has 0 aliphatic carbocycles. The molecule has 0 saturated carbocycles. The fraction of sp³-hybridized carbons (Fsp3) is 0.333. The molecule has 1 heterocycles. The first-order chi connectivity index (χ1) is 7.26. The van der Waals surface area contributed by atoms with Gasteiger partial charge in [0, 0.05) is 23.2 Å². The molecular weight excluding hydrogens is 188 g/mol. The number of benzene rings is 1. The minimum absolute atomic E-state index is 0.382. The Labute approximate surface area is 89.2 Å². The molecule has 3 heteroatoms. The third-order valence-corrected chi connectivity index (χ3v) is 2.81. The summed E-state index contributed by atoms with van der Waals surface area (Å²) in [6.07, 6.45) is 2.03. The summed E-state index contributed by atoms with van der Waals surface area (Å²) in [4.78, 5) is 3.24. The number of aromatic amines is 1. The van der Waals surface area contributed by atoms with Crippen molar-refractivity contribution in [3.63, 3.8) is 0 Å². The monoisotopic (exact) mass is 204 g/mol. The minimum Gasteiger partial charge on any atom is -0.497 e. The first-order valence-corrected chi connectivity index (χ1v) is 5.11. The van der Waals surface area contributed by atoms with E-state index in [1.54, 1.807) is 7.11 Å². The lowest BCUT2D eigenvalue weighted by atomic mass is 10.0. The van der Waals surface area contributed by atoms with E-state index in [-0.39, 0.29) is 0 Å². The third kappa shape index (κ3) is 1.70. The van der Waals surface area contributed by atoms with E-state index >= 15 is 0 Å². The normalized spacial score (nSPS) is 13.0. The number of methoxy groups -OCH3 is 1. The van der Waals surface area contributed by atoms with Crippen LogP contribution in [-0.4, -0.2) is 18.6 Å². The second-order valence-corrected chi connectivity index (χ2v) is 3.79. The van der Waals surface area contributed by atoms with Gasteiger partial charge in [0.2, 0.25) is 0 Å². The van der Waals surface area contributed by atoms with Crippen LogP contribution in [0.4, 0.5) is 0 Å². The summed E-state index contributed by atoms with van der Waals surface area (Å²) in [5.41, 5.74) is 8.05. The van der Waals surface area contributed by atoms with E-state index in [0.29, 0.717) is 12.5 Å². The van der Waals surface area contributed by atoms with Gasteiger partial charge in [-0.05, 0) is 30.2 Å². The molecule has 3 nitrogen and oxygen atoms in total. The number of aromatic nitrogens is 1. The van der Waals surface area contributed by atoms with Crippen molar-refractivity contribution >= 4 is 10.9 Å². The Morgan fingerprint density at radius 1 is 1.47 bits per heavy atom. The molecule has 80 valence electrons. The van der Waals surface area contributed by atoms with Gasteiger partial charge in [-0.15, -0.1) is 0 Å². The van der Waals surface area contributed by atoms with Crippen LogP contribution in [0.5, 0.6) is 5.75 Å². The maximum Gasteiger partial charge on any atom is 0.120 e. The van der Waals surface area contributed by atoms with E-state index in [4.69, 9.17) is 10.5 Å². The van der Waals surface area contributed by atoms with E-state index in [9.17, 15) is 0 Å². The Balaban J connectivity index is 2.52. The zero-order valence-electron chi connectivity index (χ0n) is 9.08. The van der Waals surface area contributed by atoms with Gasteiger partial charge in [0.15, 0.2) is 0 Å². The highest BCUT2D eigenvalue weighted by Crippen LogP contribution is 2.27. The van der Waals surface area contributed by atoms with Crippen molar-refractivity contribution in [1.29, 1.82) is 0 Å². The van der Waals surface area contributed by atoms with Crippen LogP contribution in [0.3, 0.4) is 0 Å². The van der Waals surface area contributed by atoms with E-state index in [2.05, 4.69) is 18.0 Å². The summed E-state index contributed by atoms with van der Waals surface area (Å²) < 4.78 is 5.17. The van der Waals surface area contributed by atoms with Crippen LogP contribution in [0, 0.1) is 0 Å². The Hall–Kier alpha value is -1.48. The zero-order chi connectivity index (χ0) is 10.8. The molecule has 0 bridgehead atoms. The highest BCUT2D eigenvalue weighted by Gasteiger charge is 2.09. The van der Waals surface area contributed by atoms with Gasteiger partial charge in [-0.1, -0.05) is 6.92 Å². The molecular formula is C12H16N2O. The molecule has 0 saturated heterocycles. The van der Waals surface area contributed by atoms with Crippen LogP contribution < -0.4 is 10.5 Å². The molecule has 0 amide bonds. The predicted molar refractivity (Wildman–Crippen MR) is 62.3 cm³/mol. The fourth-order valence-corrected chi connectivity index (χ4v) is 1.79. The molecule has 1 atom stereocenters. The lowest BCUT2D eigenvalue weighted by Crippen LogP contribution is -2.08. The molecule has 0 fully saturated rings. The van der Waals surface area contributed by atoms with Gasteiger partial charge in [0.05, 0.1) is 7.11 Å². The zero-order valence-corrected chi connectivity index (χ0v) is 9.08. The van der Waals surface area contributed by atoms with Gasteiger partial charge in [0.1, 0.15) is 5.75 Å². The summed E-state index contributed by atoms with van der Waals surface area (Å²) in [7, 11) is 1.67. The van der Waals surface area contributed by atoms with Gasteiger partial charge >= 0.3 is 0 Å². The first kappa shape index (κ1) is 10.1. The SMILES string of the molecule is COc1ccc2c(C(C)CN)c[nH]c2c1. The highest BCUT2D eigenvalue weighted by molar-refractivity contribution is 5.85. The molecule has 1 unspecified atom stereocenters. The molecule has 0 aliphatic rings. The average molecular weight is 204 g/mol. The Morgan fingerprint density at radius 3 is 2.93 bits per heavy atom. The molecule has 0 spiro atoms. The summed E-state index contributed by atoms with van der Waals surface area (Å²) in [5.74, 6) is 1.25. The largest absolute Gasteiger partial charge is 0.497 e. The molecule has 3 N–H and O–H groups in total.